The summed E-state index contributed by atoms with van der Waals surface area (Å²) in [5, 5.41) is 2.70. The molecule has 0 radical (unpaired) electrons. The van der Waals surface area contributed by atoms with Crippen LogP contribution in [0.15, 0.2) is 18.2 Å². The topological polar surface area (TPSA) is 66.5 Å². The molecule has 1 aromatic carbocycles. The van der Waals surface area contributed by atoms with Crippen LogP contribution in [0.25, 0.3) is 0 Å². The quantitative estimate of drug-likeness (QED) is 0.892. The van der Waals surface area contributed by atoms with Crippen LogP contribution >= 0.6 is 0 Å². The van der Waals surface area contributed by atoms with E-state index in [0.29, 0.717) is 6.54 Å². The fraction of sp³-hybridized carbons (Fsp3) is 0.611. The summed E-state index contributed by atoms with van der Waals surface area (Å²) in [6.45, 7) is 2.40. The second kappa shape index (κ2) is 6.68. The number of anilines is 1. The van der Waals surface area contributed by atoms with E-state index in [1.165, 1.54) is 16.6 Å². The molecule has 138 valence electrons. The molecular weight excluding hydrogens is 343 g/mol. The predicted molar refractivity (Wildman–Crippen MR) is 95.2 cm³/mol. The second-order valence-corrected chi connectivity index (χ2v) is 9.49. The molecule has 2 aliphatic rings. The molecule has 1 unspecified atom stereocenters. The van der Waals surface area contributed by atoms with Crippen LogP contribution in [0.1, 0.15) is 37.7 Å². The van der Waals surface area contributed by atoms with E-state index in [1.54, 1.807) is 12.1 Å². The molecule has 1 spiro atoms. The van der Waals surface area contributed by atoms with Crippen molar-refractivity contribution in [3.05, 3.63) is 29.6 Å². The van der Waals surface area contributed by atoms with Crippen LogP contribution in [0.5, 0.6) is 0 Å². The molecule has 1 N–H and O–H groups in total. The van der Waals surface area contributed by atoms with Crippen LogP contribution in [0, 0.1) is 24.1 Å². The van der Waals surface area contributed by atoms with Gasteiger partial charge in [-0.3, -0.25) is 4.79 Å². The number of aryl methyl sites for hydroxylation is 1. The molecule has 5 nitrogen and oxygen atoms in total. The molecule has 1 aromatic rings. The lowest BCUT2D eigenvalue weighted by molar-refractivity contribution is -0.123. The Morgan fingerprint density at radius 3 is 2.60 bits per heavy atom. The largest absolute Gasteiger partial charge is 0.323 e. The zero-order valence-electron chi connectivity index (χ0n) is 14.7. The van der Waals surface area contributed by atoms with Gasteiger partial charge < -0.3 is 5.32 Å². The molecule has 0 aromatic heterocycles. The van der Waals surface area contributed by atoms with E-state index in [9.17, 15) is 17.6 Å². The zero-order chi connectivity index (χ0) is 18.2. The minimum Gasteiger partial charge on any atom is -0.323 e. The number of benzene rings is 1. The maximum absolute atomic E-state index is 14.0. The molecule has 1 saturated heterocycles. The summed E-state index contributed by atoms with van der Waals surface area (Å²) >= 11 is 0. The fourth-order valence-corrected chi connectivity index (χ4v) is 5.17. The number of carbonyl (C=O) groups excluding carboxylic acids is 1. The van der Waals surface area contributed by atoms with Crippen molar-refractivity contribution in [3.8, 4) is 0 Å². The Hall–Kier alpha value is -1.47. The highest BCUT2D eigenvalue weighted by molar-refractivity contribution is 7.88. The van der Waals surface area contributed by atoms with E-state index in [4.69, 9.17) is 0 Å². The summed E-state index contributed by atoms with van der Waals surface area (Å²) in [6.07, 6.45) is 5.98. The van der Waals surface area contributed by atoms with Gasteiger partial charge in [-0.05, 0) is 42.9 Å². The molecule has 25 heavy (non-hydrogen) atoms. The average Bonchev–Trinajstić information content (AvgIpc) is 2.91. The summed E-state index contributed by atoms with van der Waals surface area (Å²) in [4.78, 5) is 12.9. The van der Waals surface area contributed by atoms with Gasteiger partial charge in [-0.1, -0.05) is 25.3 Å². The van der Waals surface area contributed by atoms with Gasteiger partial charge in [-0.15, -0.1) is 0 Å². The van der Waals surface area contributed by atoms with Gasteiger partial charge in [0.05, 0.1) is 17.9 Å². The van der Waals surface area contributed by atoms with Gasteiger partial charge in [-0.25, -0.2) is 17.1 Å². The van der Waals surface area contributed by atoms with E-state index < -0.39 is 21.8 Å². The Kier molecular flexibility index (Phi) is 4.90. The number of hydrogen-bond donors (Lipinski definition) is 1. The summed E-state index contributed by atoms with van der Waals surface area (Å²) in [7, 11) is -3.35. The Morgan fingerprint density at radius 2 is 1.96 bits per heavy atom. The lowest BCUT2D eigenvalue weighted by Gasteiger charge is -2.37. The monoisotopic (exact) mass is 368 g/mol. The number of rotatable bonds is 3. The highest BCUT2D eigenvalue weighted by Crippen LogP contribution is 2.48. The van der Waals surface area contributed by atoms with Crippen LogP contribution < -0.4 is 5.32 Å². The van der Waals surface area contributed by atoms with Crippen molar-refractivity contribution in [2.45, 2.75) is 39.0 Å². The minimum absolute atomic E-state index is 0.161. The van der Waals surface area contributed by atoms with E-state index >= 15 is 0 Å². The average molecular weight is 368 g/mol. The number of hydrogen-bond acceptors (Lipinski definition) is 3. The van der Waals surface area contributed by atoms with Crippen molar-refractivity contribution < 1.29 is 17.6 Å². The normalized spacial score (nSPS) is 23.7. The first-order valence-electron chi connectivity index (χ1n) is 8.73. The third-order valence-electron chi connectivity index (χ3n) is 5.63. The van der Waals surface area contributed by atoms with E-state index in [-0.39, 0.29) is 23.6 Å². The Balaban J connectivity index is 1.87. The molecular formula is C18H25FN2O3S. The number of carbonyl (C=O) groups is 1. The van der Waals surface area contributed by atoms with Crippen molar-refractivity contribution in [3.63, 3.8) is 0 Å². The Morgan fingerprint density at radius 1 is 1.28 bits per heavy atom. The van der Waals surface area contributed by atoms with Crippen molar-refractivity contribution in [2.75, 3.05) is 24.7 Å². The highest BCUT2D eigenvalue weighted by atomic mass is 32.2. The molecule has 1 atom stereocenters. The highest BCUT2D eigenvalue weighted by Gasteiger charge is 2.52. The lowest BCUT2D eigenvalue weighted by atomic mass is 9.67. The van der Waals surface area contributed by atoms with Gasteiger partial charge >= 0.3 is 0 Å². The maximum atomic E-state index is 14.0. The summed E-state index contributed by atoms with van der Waals surface area (Å²) < 4.78 is 39.4. The Bertz CT molecular complexity index is 773. The SMILES string of the molecule is Cc1ccc(F)c(NC(=O)C2CN(S(C)(=O)=O)CC23CCCCC3)c1. The van der Waals surface area contributed by atoms with Gasteiger partial charge in [0, 0.05) is 13.1 Å². The van der Waals surface area contributed by atoms with Gasteiger partial charge in [-0.2, -0.15) is 0 Å². The van der Waals surface area contributed by atoms with Gasteiger partial charge in [0.1, 0.15) is 5.82 Å². The van der Waals surface area contributed by atoms with Crippen molar-refractivity contribution >= 4 is 21.6 Å². The second-order valence-electron chi connectivity index (χ2n) is 7.50. The molecule has 1 amide bonds. The smallest absolute Gasteiger partial charge is 0.229 e. The molecule has 0 bridgehead atoms. The van der Waals surface area contributed by atoms with Crippen LogP contribution in [-0.4, -0.2) is 38.0 Å². The number of halogens is 1. The summed E-state index contributed by atoms with van der Waals surface area (Å²) in [5.74, 6) is -1.20. The molecule has 1 aliphatic heterocycles. The third-order valence-corrected chi connectivity index (χ3v) is 6.85. The zero-order valence-corrected chi connectivity index (χ0v) is 15.5. The van der Waals surface area contributed by atoms with Crippen molar-refractivity contribution in [1.82, 2.24) is 4.31 Å². The summed E-state index contributed by atoms with van der Waals surface area (Å²) in [6, 6.07) is 4.58. The number of amides is 1. The van der Waals surface area contributed by atoms with Crippen LogP contribution in [0.3, 0.4) is 0 Å². The van der Waals surface area contributed by atoms with Crippen molar-refractivity contribution in [1.29, 1.82) is 0 Å². The summed E-state index contributed by atoms with van der Waals surface area (Å²) in [5.41, 5.74) is 0.688. The third kappa shape index (κ3) is 3.72. The van der Waals surface area contributed by atoms with Crippen LogP contribution in [0.4, 0.5) is 10.1 Å². The standard InChI is InChI=1S/C18H25FN2O3S/c1-13-6-7-15(19)16(10-13)20-17(22)14-11-21(25(2,23)24)12-18(14)8-4-3-5-9-18/h6-7,10,14H,3-5,8-9,11-12H2,1-2H3,(H,20,22). The van der Waals surface area contributed by atoms with E-state index in [1.807, 2.05) is 6.92 Å². The van der Waals surface area contributed by atoms with Gasteiger partial charge in [0.2, 0.25) is 15.9 Å². The number of nitrogens with one attached hydrogen (secondary N) is 1. The van der Waals surface area contributed by atoms with Gasteiger partial charge in [0.25, 0.3) is 0 Å². The van der Waals surface area contributed by atoms with Crippen LogP contribution in [-0.2, 0) is 14.8 Å². The maximum Gasteiger partial charge on any atom is 0.229 e. The Labute approximate surface area is 148 Å². The first kappa shape index (κ1) is 18.3. The van der Waals surface area contributed by atoms with Gasteiger partial charge in [0.15, 0.2) is 0 Å². The lowest BCUT2D eigenvalue weighted by Crippen LogP contribution is -2.39. The van der Waals surface area contributed by atoms with E-state index in [0.717, 1.165) is 37.7 Å². The first-order chi connectivity index (χ1) is 11.7. The number of sulfonamides is 1. The first-order valence-corrected chi connectivity index (χ1v) is 10.6. The predicted octanol–water partition coefficient (Wildman–Crippen LogP) is 2.91. The fourth-order valence-electron chi connectivity index (χ4n) is 4.25. The molecule has 1 saturated carbocycles. The van der Waals surface area contributed by atoms with E-state index in [2.05, 4.69) is 5.32 Å². The molecule has 1 heterocycles. The molecule has 7 heteroatoms. The number of nitrogens with zero attached hydrogens (tertiary/aromatic N) is 1. The molecule has 3 rings (SSSR count). The minimum atomic E-state index is -3.35. The van der Waals surface area contributed by atoms with Crippen LogP contribution in [0.2, 0.25) is 0 Å². The molecule has 1 aliphatic carbocycles. The molecule has 2 fully saturated rings. The van der Waals surface area contributed by atoms with Crippen molar-refractivity contribution in [2.24, 2.45) is 11.3 Å².